The highest BCUT2D eigenvalue weighted by Gasteiger charge is 2.16. The zero-order chi connectivity index (χ0) is 10.8. The second kappa shape index (κ2) is 3.89. The van der Waals surface area contributed by atoms with Gasteiger partial charge in [-0.15, -0.1) is 0 Å². The third-order valence-electron chi connectivity index (χ3n) is 2.78. The van der Waals surface area contributed by atoms with Crippen molar-refractivity contribution in [1.29, 1.82) is 0 Å². The molecule has 2 rings (SSSR count). The van der Waals surface area contributed by atoms with Gasteiger partial charge in [-0.25, -0.2) is 0 Å². The van der Waals surface area contributed by atoms with Crippen molar-refractivity contribution in [2.24, 2.45) is 4.99 Å². The van der Waals surface area contributed by atoms with E-state index in [4.69, 9.17) is 0 Å². The van der Waals surface area contributed by atoms with Crippen LogP contribution < -0.4 is 5.32 Å². The van der Waals surface area contributed by atoms with Gasteiger partial charge >= 0.3 is 0 Å². The molecule has 1 aromatic carbocycles. The highest BCUT2D eigenvalue weighted by atomic mass is 15.0. The molecule has 0 aromatic heterocycles. The van der Waals surface area contributed by atoms with E-state index in [9.17, 15) is 0 Å². The predicted octanol–water partition coefficient (Wildman–Crippen LogP) is 2.83. The minimum atomic E-state index is 0.279. The second-order valence-corrected chi connectivity index (χ2v) is 3.94. The van der Waals surface area contributed by atoms with Crippen LogP contribution in [0.4, 0.5) is 0 Å². The van der Waals surface area contributed by atoms with Gasteiger partial charge in [0, 0.05) is 5.70 Å². The van der Waals surface area contributed by atoms with Gasteiger partial charge in [-0.1, -0.05) is 30.3 Å². The third-order valence-corrected chi connectivity index (χ3v) is 2.78. The summed E-state index contributed by atoms with van der Waals surface area (Å²) in [5.41, 5.74) is 3.73. The lowest BCUT2D eigenvalue weighted by Gasteiger charge is -2.23. The number of nitrogens with zero attached hydrogens (tertiary/aromatic N) is 1. The number of amidine groups is 1. The molecular weight excluding hydrogens is 184 g/mol. The smallest absolute Gasteiger partial charge is 0.0983 e. The van der Waals surface area contributed by atoms with Gasteiger partial charge in [-0.3, -0.25) is 4.99 Å². The van der Waals surface area contributed by atoms with Crippen molar-refractivity contribution in [3.8, 4) is 0 Å². The molecule has 1 heterocycles. The molecular formula is C13H16N2. The van der Waals surface area contributed by atoms with Crippen molar-refractivity contribution in [3.63, 3.8) is 0 Å². The fourth-order valence-corrected chi connectivity index (χ4v) is 1.81. The number of aliphatic imine (C=N–C) groups is 1. The maximum Gasteiger partial charge on any atom is 0.0983 e. The highest BCUT2D eigenvalue weighted by molar-refractivity contribution is 5.92. The third kappa shape index (κ3) is 1.94. The Labute approximate surface area is 90.7 Å². The van der Waals surface area contributed by atoms with Crippen LogP contribution in [0.2, 0.25) is 0 Å². The normalized spacial score (nSPS) is 21.0. The van der Waals surface area contributed by atoms with Crippen molar-refractivity contribution in [2.75, 3.05) is 0 Å². The average molecular weight is 200 g/mol. The van der Waals surface area contributed by atoms with Gasteiger partial charge in [0.2, 0.25) is 0 Å². The van der Waals surface area contributed by atoms with Gasteiger partial charge in [0.25, 0.3) is 0 Å². The molecule has 2 nitrogen and oxygen atoms in total. The van der Waals surface area contributed by atoms with E-state index in [1.54, 1.807) is 0 Å². The molecule has 78 valence electrons. The predicted molar refractivity (Wildman–Crippen MR) is 64.7 cm³/mol. The quantitative estimate of drug-likeness (QED) is 0.740. The Bertz CT molecular complexity index is 415. The van der Waals surface area contributed by atoms with Crippen LogP contribution in [0.25, 0.3) is 5.70 Å². The minimum absolute atomic E-state index is 0.279. The summed E-state index contributed by atoms with van der Waals surface area (Å²) in [6.45, 7) is 6.27. The first kappa shape index (κ1) is 9.97. The van der Waals surface area contributed by atoms with Gasteiger partial charge in [-0.2, -0.15) is 0 Å². The minimum Gasteiger partial charge on any atom is -0.344 e. The molecule has 15 heavy (non-hydrogen) atoms. The first-order valence-electron chi connectivity index (χ1n) is 5.26. The monoisotopic (exact) mass is 200 g/mol. The van der Waals surface area contributed by atoms with E-state index in [0.717, 1.165) is 5.84 Å². The maximum atomic E-state index is 4.49. The largest absolute Gasteiger partial charge is 0.344 e. The van der Waals surface area contributed by atoms with Crippen LogP contribution in [-0.4, -0.2) is 11.9 Å². The van der Waals surface area contributed by atoms with Crippen LogP contribution >= 0.6 is 0 Å². The van der Waals surface area contributed by atoms with Crippen LogP contribution in [0.1, 0.15) is 26.3 Å². The number of hydrogen-bond donors (Lipinski definition) is 1. The lowest BCUT2D eigenvalue weighted by Crippen LogP contribution is -2.28. The molecule has 0 fully saturated rings. The van der Waals surface area contributed by atoms with E-state index in [2.05, 4.69) is 48.4 Å². The van der Waals surface area contributed by atoms with Crippen LogP contribution in [-0.2, 0) is 0 Å². The molecule has 1 unspecified atom stereocenters. The summed E-state index contributed by atoms with van der Waals surface area (Å²) in [5, 5.41) is 3.34. The molecule has 0 spiro atoms. The van der Waals surface area contributed by atoms with Gasteiger partial charge in [0.1, 0.15) is 0 Å². The van der Waals surface area contributed by atoms with Crippen molar-refractivity contribution < 1.29 is 0 Å². The Kier molecular flexibility index (Phi) is 2.58. The number of hydrogen-bond acceptors (Lipinski definition) is 2. The Hall–Kier alpha value is -1.57. The Balaban J connectivity index is 2.41. The molecule has 1 aliphatic rings. The Morgan fingerprint density at radius 3 is 2.47 bits per heavy atom. The lowest BCUT2D eigenvalue weighted by molar-refractivity contribution is 0.830. The summed E-state index contributed by atoms with van der Waals surface area (Å²) < 4.78 is 0. The van der Waals surface area contributed by atoms with E-state index in [1.807, 2.05) is 13.0 Å². The summed E-state index contributed by atoms with van der Waals surface area (Å²) in [7, 11) is 0. The van der Waals surface area contributed by atoms with Gasteiger partial charge < -0.3 is 5.32 Å². The molecule has 0 radical (unpaired) electrons. The Morgan fingerprint density at radius 2 is 1.80 bits per heavy atom. The molecule has 0 bridgehead atoms. The van der Waals surface area contributed by atoms with Crippen molar-refractivity contribution in [2.45, 2.75) is 26.8 Å². The van der Waals surface area contributed by atoms with E-state index < -0.39 is 0 Å². The number of nitrogens with one attached hydrogen (secondary N) is 1. The van der Waals surface area contributed by atoms with Crippen LogP contribution in [0.15, 0.2) is 40.9 Å². The Morgan fingerprint density at radius 1 is 1.13 bits per heavy atom. The SMILES string of the molecule is CC1=NC(C)C(C)=C(c2ccccc2)N1. The average Bonchev–Trinajstić information content (AvgIpc) is 2.24. The topological polar surface area (TPSA) is 24.4 Å². The van der Waals surface area contributed by atoms with E-state index >= 15 is 0 Å². The van der Waals surface area contributed by atoms with Crippen LogP contribution in [0, 0.1) is 0 Å². The zero-order valence-corrected chi connectivity index (χ0v) is 9.41. The van der Waals surface area contributed by atoms with E-state index in [0.29, 0.717) is 0 Å². The maximum absolute atomic E-state index is 4.49. The lowest BCUT2D eigenvalue weighted by atomic mass is 10.0. The van der Waals surface area contributed by atoms with Crippen LogP contribution in [0.5, 0.6) is 0 Å². The molecule has 1 N–H and O–H groups in total. The summed E-state index contributed by atoms with van der Waals surface area (Å²) in [6, 6.07) is 10.7. The van der Waals surface area contributed by atoms with Gasteiger partial charge in [0.15, 0.2) is 0 Å². The first-order chi connectivity index (χ1) is 7.18. The zero-order valence-electron chi connectivity index (χ0n) is 9.41. The van der Waals surface area contributed by atoms with Gasteiger partial charge in [-0.05, 0) is 31.9 Å². The van der Waals surface area contributed by atoms with Crippen LogP contribution in [0.3, 0.4) is 0 Å². The van der Waals surface area contributed by atoms with E-state index in [-0.39, 0.29) is 6.04 Å². The molecule has 2 heteroatoms. The second-order valence-electron chi connectivity index (χ2n) is 3.94. The number of benzene rings is 1. The molecule has 1 aromatic rings. The molecule has 0 saturated carbocycles. The molecule has 1 atom stereocenters. The van der Waals surface area contributed by atoms with Gasteiger partial charge in [0.05, 0.1) is 11.9 Å². The summed E-state index contributed by atoms with van der Waals surface area (Å²) in [4.78, 5) is 4.49. The summed E-state index contributed by atoms with van der Waals surface area (Å²) in [6.07, 6.45) is 0. The molecule has 0 saturated heterocycles. The van der Waals surface area contributed by atoms with E-state index in [1.165, 1.54) is 16.8 Å². The fraction of sp³-hybridized carbons (Fsp3) is 0.308. The summed E-state index contributed by atoms with van der Waals surface area (Å²) in [5.74, 6) is 0.993. The standard InChI is InChI=1S/C13H16N2/c1-9-10(2)14-11(3)15-13(9)12-7-5-4-6-8-12/h4-8,10H,1-3H3,(H,14,15). The fourth-order valence-electron chi connectivity index (χ4n) is 1.81. The summed E-state index contributed by atoms with van der Waals surface area (Å²) >= 11 is 0. The molecule has 1 aliphatic heterocycles. The first-order valence-corrected chi connectivity index (χ1v) is 5.26. The van der Waals surface area contributed by atoms with Crippen molar-refractivity contribution in [1.82, 2.24) is 5.32 Å². The molecule has 0 amide bonds. The highest BCUT2D eigenvalue weighted by Crippen LogP contribution is 2.22. The van der Waals surface area contributed by atoms with Crippen molar-refractivity contribution in [3.05, 3.63) is 41.5 Å². The molecule has 0 aliphatic carbocycles. The van der Waals surface area contributed by atoms with Crippen molar-refractivity contribution >= 4 is 11.5 Å². The number of rotatable bonds is 1.